The van der Waals surface area contributed by atoms with Gasteiger partial charge in [0.25, 0.3) is 5.91 Å². The standard InChI is InChI=1S/C26H21Cl2N3O/c27-19-10-8-18(9-11-19)25-17-23(22-6-1-2-7-24(22)29-25)26(32)31-14-12-30(13-15-31)21-5-3-4-20(28)16-21/h1-11,16-17H,12-15H2. The van der Waals surface area contributed by atoms with Crippen molar-refractivity contribution in [2.45, 2.75) is 0 Å². The van der Waals surface area contributed by atoms with Gasteiger partial charge in [-0.25, -0.2) is 4.98 Å². The predicted octanol–water partition coefficient (Wildman–Crippen LogP) is 6.17. The van der Waals surface area contributed by atoms with Crippen LogP contribution in [0.4, 0.5) is 5.69 Å². The fourth-order valence-corrected chi connectivity index (χ4v) is 4.44. The fourth-order valence-electron chi connectivity index (χ4n) is 4.13. The van der Waals surface area contributed by atoms with Gasteiger partial charge in [0.2, 0.25) is 0 Å². The first-order chi connectivity index (χ1) is 15.6. The summed E-state index contributed by atoms with van der Waals surface area (Å²) in [6, 6.07) is 25.1. The number of carbonyl (C=O) groups is 1. The van der Waals surface area contributed by atoms with Gasteiger partial charge >= 0.3 is 0 Å². The van der Waals surface area contributed by atoms with Gasteiger partial charge in [-0.1, -0.05) is 59.6 Å². The summed E-state index contributed by atoms with van der Waals surface area (Å²) in [5, 5.41) is 2.26. The maximum Gasteiger partial charge on any atom is 0.254 e. The van der Waals surface area contributed by atoms with Crippen molar-refractivity contribution in [3.05, 3.63) is 94.5 Å². The van der Waals surface area contributed by atoms with Gasteiger partial charge < -0.3 is 9.80 Å². The summed E-state index contributed by atoms with van der Waals surface area (Å²) in [5.74, 6) is 0.0320. The zero-order valence-electron chi connectivity index (χ0n) is 17.3. The molecular formula is C26H21Cl2N3O. The van der Waals surface area contributed by atoms with Gasteiger partial charge in [-0.3, -0.25) is 4.79 Å². The number of fused-ring (bicyclic) bond motifs is 1. The summed E-state index contributed by atoms with van der Waals surface area (Å²) in [5.41, 5.74) is 4.27. The molecule has 0 spiro atoms. The van der Waals surface area contributed by atoms with Crippen molar-refractivity contribution in [3.63, 3.8) is 0 Å². The van der Waals surface area contributed by atoms with Gasteiger partial charge in [-0.2, -0.15) is 0 Å². The molecule has 1 aliphatic rings. The fraction of sp³-hybridized carbons (Fsp3) is 0.154. The molecule has 0 bridgehead atoms. The molecule has 0 N–H and O–H groups in total. The highest BCUT2D eigenvalue weighted by molar-refractivity contribution is 6.31. The Bertz CT molecular complexity index is 1280. The molecule has 0 saturated carbocycles. The molecule has 3 aromatic carbocycles. The van der Waals surface area contributed by atoms with E-state index in [0.29, 0.717) is 23.7 Å². The Morgan fingerprint density at radius 1 is 0.781 bits per heavy atom. The third-order valence-electron chi connectivity index (χ3n) is 5.83. The molecule has 1 fully saturated rings. The maximum atomic E-state index is 13.6. The van der Waals surface area contributed by atoms with Gasteiger partial charge in [-0.15, -0.1) is 0 Å². The number of benzene rings is 3. The number of aromatic nitrogens is 1. The topological polar surface area (TPSA) is 36.4 Å². The van der Waals surface area contributed by atoms with Crippen molar-refractivity contribution in [1.29, 1.82) is 0 Å². The van der Waals surface area contributed by atoms with Crippen molar-refractivity contribution in [2.24, 2.45) is 0 Å². The second-order valence-electron chi connectivity index (χ2n) is 7.84. The van der Waals surface area contributed by atoms with Crippen LogP contribution in [0, 0.1) is 0 Å². The lowest BCUT2D eigenvalue weighted by Gasteiger charge is -2.36. The molecule has 4 aromatic rings. The molecule has 32 heavy (non-hydrogen) atoms. The highest BCUT2D eigenvalue weighted by atomic mass is 35.5. The lowest BCUT2D eigenvalue weighted by molar-refractivity contribution is 0.0748. The van der Waals surface area contributed by atoms with Gasteiger partial charge in [0.1, 0.15) is 0 Å². The highest BCUT2D eigenvalue weighted by Crippen LogP contribution is 2.28. The average molecular weight is 462 g/mol. The largest absolute Gasteiger partial charge is 0.368 e. The SMILES string of the molecule is O=C(c1cc(-c2ccc(Cl)cc2)nc2ccccc12)N1CCN(c2cccc(Cl)c2)CC1. The van der Waals surface area contributed by atoms with E-state index in [2.05, 4.69) is 11.0 Å². The summed E-state index contributed by atoms with van der Waals surface area (Å²) >= 11 is 12.2. The minimum Gasteiger partial charge on any atom is -0.368 e. The second-order valence-corrected chi connectivity index (χ2v) is 8.71. The van der Waals surface area contributed by atoms with E-state index in [0.717, 1.165) is 46.0 Å². The first kappa shape index (κ1) is 20.8. The molecule has 0 aliphatic carbocycles. The monoisotopic (exact) mass is 461 g/mol. The van der Waals surface area contributed by atoms with Crippen LogP contribution < -0.4 is 4.90 Å². The maximum absolute atomic E-state index is 13.6. The van der Waals surface area contributed by atoms with Crippen molar-refractivity contribution in [3.8, 4) is 11.3 Å². The molecule has 0 atom stereocenters. The van der Waals surface area contributed by atoms with E-state index < -0.39 is 0 Å². The van der Waals surface area contributed by atoms with Gasteiger partial charge in [0.15, 0.2) is 0 Å². The number of anilines is 1. The molecule has 160 valence electrons. The summed E-state index contributed by atoms with van der Waals surface area (Å²) in [6.07, 6.45) is 0. The second kappa shape index (κ2) is 8.81. The van der Waals surface area contributed by atoms with Gasteiger partial charge in [0.05, 0.1) is 16.8 Å². The Hall–Kier alpha value is -3.08. The molecule has 5 rings (SSSR count). The van der Waals surface area contributed by atoms with Crippen LogP contribution in [0.2, 0.25) is 10.0 Å². The third kappa shape index (κ3) is 4.16. The number of halogens is 2. The van der Waals surface area contributed by atoms with Crippen LogP contribution >= 0.6 is 23.2 Å². The molecule has 0 unspecified atom stereocenters. The van der Waals surface area contributed by atoms with Crippen molar-refractivity contribution < 1.29 is 4.79 Å². The zero-order valence-corrected chi connectivity index (χ0v) is 18.9. The molecule has 2 heterocycles. The van der Waals surface area contributed by atoms with Crippen LogP contribution in [0.5, 0.6) is 0 Å². The van der Waals surface area contributed by atoms with E-state index in [1.165, 1.54) is 0 Å². The zero-order chi connectivity index (χ0) is 22.1. The number of carbonyl (C=O) groups excluding carboxylic acids is 1. The Balaban J connectivity index is 1.44. The number of amides is 1. The van der Waals surface area contributed by atoms with E-state index in [9.17, 15) is 4.79 Å². The number of hydrogen-bond donors (Lipinski definition) is 0. The normalized spacial score (nSPS) is 14.1. The van der Waals surface area contributed by atoms with Gasteiger partial charge in [-0.05, 0) is 42.5 Å². The highest BCUT2D eigenvalue weighted by Gasteiger charge is 2.24. The summed E-state index contributed by atoms with van der Waals surface area (Å²) < 4.78 is 0. The lowest BCUT2D eigenvalue weighted by Crippen LogP contribution is -2.48. The number of nitrogens with zero attached hydrogens (tertiary/aromatic N) is 3. The van der Waals surface area contributed by atoms with Crippen LogP contribution in [-0.2, 0) is 0 Å². The Morgan fingerprint density at radius 2 is 1.53 bits per heavy atom. The van der Waals surface area contributed by atoms with E-state index in [1.807, 2.05) is 77.7 Å². The van der Waals surface area contributed by atoms with Crippen LogP contribution in [-0.4, -0.2) is 42.0 Å². The van der Waals surface area contributed by atoms with Crippen LogP contribution in [0.25, 0.3) is 22.2 Å². The number of para-hydroxylation sites is 1. The first-order valence-electron chi connectivity index (χ1n) is 10.5. The Morgan fingerprint density at radius 3 is 2.28 bits per heavy atom. The van der Waals surface area contributed by atoms with Crippen molar-refractivity contribution >= 4 is 45.7 Å². The van der Waals surface area contributed by atoms with E-state index in [1.54, 1.807) is 0 Å². The number of rotatable bonds is 3. The van der Waals surface area contributed by atoms with Crippen LogP contribution in [0.15, 0.2) is 78.9 Å². The van der Waals surface area contributed by atoms with Crippen molar-refractivity contribution in [2.75, 3.05) is 31.1 Å². The molecule has 4 nitrogen and oxygen atoms in total. The minimum atomic E-state index is 0.0320. The first-order valence-corrected chi connectivity index (χ1v) is 11.3. The number of piperazine rings is 1. The summed E-state index contributed by atoms with van der Waals surface area (Å²) in [6.45, 7) is 2.83. The molecular weight excluding hydrogens is 441 g/mol. The minimum absolute atomic E-state index is 0.0320. The molecule has 0 radical (unpaired) electrons. The average Bonchev–Trinajstić information content (AvgIpc) is 2.83. The predicted molar refractivity (Wildman–Crippen MR) is 132 cm³/mol. The van der Waals surface area contributed by atoms with Gasteiger partial charge in [0, 0.05) is 52.9 Å². The van der Waals surface area contributed by atoms with E-state index in [4.69, 9.17) is 28.2 Å². The van der Waals surface area contributed by atoms with E-state index in [-0.39, 0.29) is 5.91 Å². The molecule has 6 heteroatoms. The Labute approximate surface area is 197 Å². The van der Waals surface area contributed by atoms with Crippen LogP contribution in [0.3, 0.4) is 0 Å². The molecule has 1 saturated heterocycles. The molecule has 1 aromatic heterocycles. The lowest BCUT2D eigenvalue weighted by atomic mass is 10.0. The number of pyridine rings is 1. The quantitative estimate of drug-likeness (QED) is 0.365. The third-order valence-corrected chi connectivity index (χ3v) is 6.31. The molecule has 1 aliphatic heterocycles. The van der Waals surface area contributed by atoms with Crippen molar-refractivity contribution in [1.82, 2.24) is 9.88 Å². The number of hydrogen-bond acceptors (Lipinski definition) is 3. The smallest absolute Gasteiger partial charge is 0.254 e. The summed E-state index contributed by atoms with van der Waals surface area (Å²) in [7, 11) is 0. The molecule has 1 amide bonds. The van der Waals surface area contributed by atoms with Crippen LogP contribution in [0.1, 0.15) is 10.4 Å². The summed E-state index contributed by atoms with van der Waals surface area (Å²) in [4.78, 5) is 22.6. The Kier molecular flexibility index (Phi) is 5.73. The van der Waals surface area contributed by atoms with E-state index >= 15 is 0 Å².